The molecule has 1 aromatic carbocycles. The number of pyridine rings is 1. The number of hydrogen-bond donors (Lipinski definition) is 4. The van der Waals surface area contributed by atoms with Crippen LogP contribution >= 0.6 is 11.8 Å². The second-order valence-corrected chi connectivity index (χ2v) is 8.72. The molecule has 5 N–H and O–H groups in total. The van der Waals surface area contributed by atoms with Gasteiger partial charge in [0.05, 0.1) is 23.4 Å². The normalized spacial score (nSPS) is 17.4. The van der Waals surface area contributed by atoms with E-state index >= 15 is 0 Å². The molecule has 12 heteroatoms. The molecule has 156 valence electrons. The van der Waals surface area contributed by atoms with Crippen LogP contribution in [0.15, 0.2) is 35.5 Å². The number of carbonyl (C=O) groups is 1. The first-order valence-corrected chi connectivity index (χ1v) is 10.6. The molecule has 1 amide bonds. The van der Waals surface area contributed by atoms with E-state index in [1.54, 1.807) is 6.07 Å². The zero-order chi connectivity index (χ0) is 21.2. The topological polar surface area (TPSA) is 153 Å². The molecule has 0 aliphatic carbocycles. The van der Waals surface area contributed by atoms with E-state index in [2.05, 4.69) is 10.3 Å². The molecule has 1 aliphatic rings. The van der Waals surface area contributed by atoms with Crippen LogP contribution in [0.2, 0.25) is 0 Å². The highest BCUT2D eigenvalue weighted by atomic mass is 35.5. The maximum atomic E-state index is 13.2. The minimum Gasteiger partial charge on any atom is -0.395 e. The Hall–Kier alpha value is -2.47. The van der Waals surface area contributed by atoms with Crippen molar-refractivity contribution in [1.29, 1.82) is 5.41 Å². The van der Waals surface area contributed by atoms with Crippen LogP contribution in [0, 0.1) is 5.41 Å². The molecule has 0 radical (unpaired) electrons. The Morgan fingerprint density at radius 2 is 2.21 bits per heavy atom. The van der Waals surface area contributed by atoms with Gasteiger partial charge in [0.1, 0.15) is 6.04 Å². The maximum absolute atomic E-state index is 13.2. The van der Waals surface area contributed by atoms with Gasteiger partial charge in [-0.05, 0) is 25.0 Å². The Bertz CT molecular complexity index is 1050. The number of aromatic nitrogens is 1. The van der Waals surface area contributed by atoms with Gasteiger partial charge in [-0.2, -0.15) is 4.31 Å². The molecule has 0 unspecified atom stereocenters. The molecule has 1 saturated heterocycles. The largest absolute Gasteiger partial charge is 0.395 e. The molecule has 2 heterocycles. The number of nitrogens with zero attached hydrogens (tertiary/aromatic N) is 3. The summed E-state index contributed by atoms with van der Waals surface area (Å²) < 4.78 is 28.5. The summed E-state index contributed by atoms with van der Waals surface area (Å²) in [4.78, 5) is 16.4. The molecule has 1 aromatic heterocycles. The summed E-state index contributed by atoms with van der Waals surface area (Å²) in [6.45, 7) is 0.0808. The predicted molar refractivity (Wildman–Crippen MR) is 109 cm³/mol. The van der Waals surface area contributed by atoms with Gasteiger partial charge in [-0.3, -0.25) is 15.2 Å². The molecule has 2 aromatic rings. The molecular formula is C17H21ClN6O4S. The number of amides is 1. The van der Waals surface area contributed by atoms with Crippen molar-refractivity contribution in [3.63, 3.8) is 0 Å². The lowest BCUT2D eigenvalue weighted by atomic mass is 10.1. The van der Waals surface area contributed by atoms with Crippen LogP contribution in [0.1, 0.15) is 12.8 Å². The van der Waals surface area contributed by atoms with Crippen LogP contribution in [0.3, 0.4) is 0 Å². The molecule has 3 rings (SSSR count). The van der Waals surface area contributed by atoms with Crippen LogP contribution < -0.4 is 15.5 Å². The monoisotopic (exact) mass is 440 g/mol. The Morgan fingerprint density at radius 3 is 2.90 bits per heavy atom. The van der Waals surface area contributed by atoms with Gasteiger partial charge in [0, 0.05) is 41.8 Å². The number of rotatable bonds is 6. The summed E-state index contributed by atoms with van der Waals surface area (Å²) in [6, 6.07) is 3.62. The van der Waals surface area contributed by atoms with Gasteiger partial charge in [-0.15, -0.1) is 0 Å². The zero-order valence-electron chi connectivity index (χ0n) is 15.4. The number of benzene rings is 1. The molecular weight excluding hydrogens is 420 g/mol. The summed E-state index contributed by atoms with van der Waals surface area (Å²) in [5.41, 5.74) is 5.76. The number of guanidine groups is 1. The number of carbonyl (C=O) groups excluding carboxylic acids is 1. The smallest absolute Gasteiger partial charge is 0.243 e. The molecule has 1 atom stereocenters. The van der Waals surface area contributed by atoms with Crippen molar-refractivity contribution in [2.24, 2.45) is 5.73 Å². The van der Waals surface area contributed by atoms with E-state index in [-0.39, 0.29) is 24.6 Å². The van der Waals surface area contributed by atoms with Gasteiger partial charge in [0.25, 0.3) is 0 Å². The number of nitrogens with one attached hydrogen (secondary N) is 2. The first-order chi connectivity index (χ1) is 13.8. The average Bonchev–Trinajstić information content (AvgIpc) is 3.21. The van der Waals surface area contributed by atoms with Crippen molar-refractivity contribution in [3.05, 3.63) is 30.6 Å². The van der Waals surface area contributed by atoms with Crippen molar-refractivity contribution >= 4 is 50.1 Å². The third kappa shape index (κ3) is 4.13. The van der Waals surface area contributed by atoms with Gasteiger partial charge in [0.2, 0.25) is 21.9 Å². The van der Waals surface area contributed by atoms with E-state index in [9.17, 15) is 13.2 Å². The number of anilines is 1. The summed E-state index contributed by atoms with van der Waals surface area (Å²) in [5, 5.41) is 19.9. The number of aliphatic hydroxyl groups excluding tert-OH is 1. The summed E-state index contributed by atoms with van der Waals surface area (Å²) >= 11 is 6.00. The van der Waals surface area contributed by atoms with Gasteiger partial charge in [0.15, 0.2) is 0 Å². The number of sulfonamides is 1. The molecule has 29 heavy (non-hydrogen) atoms. The van der Waals surface area contributed by atoms with Gasteiger partial charge < -0.3 is 16.2 Å². The fraction of sp³-hybridized carbons (Fsp3) is 0.353. The van der Waals surface area contributed by atoms with E-state index in [4.69, 9.17) is 28.0 Å². The summed E-state index contributed by atoms with van der Waals surface area (Å²) in [5.74, 6) is -0.824. The Morgan fingerprint density at radius 1 is 1.45 bits per heavy atom. The minimum atomic E-state index is -3.93. The lowest BCUT2D eigenvalue weighted by Gasteiger charge is -2.23. The second-order valence-electron chi connectivity index (χ2n) is 6.50. The molecule has 0 bridgehead atoms. The summed E-state index contributed by atoms with van der Waals surface area (Å²) in [6.07, 6.45) is 3.89. The Kier molecular flexibility index (Phi) is 6.22. The highest BCUT2D eigenvalue weighted by Crippen LogP contribution is 2.31. The number of hydrogen-bond acceptors (Lipinski definition) is 6. The quantitative estimate of drug-likeness (QED) is 0.287. The van der Waals surface area contributed by atoms with Crippen LogP contribution in [0.5, 0.6) is 0 Å². The van der Waals surface area contributed by atoms with Crippen molar-refractivity contribution < 1.29 is 18.3 Å². The fourth-order valence-electron chi connectivity index (χ4n) is 3.31. The second kappa shape index (κ2) is 8.49. The molecule has 10 nitrogen and oxygen atoms in total. The van der Waals surface area contributed by atoms with E-state index in [0.717, 1.165) is 4.42 Å². The van der Waals surface area contributed by atoms with Crippen LogP contribution in [0.25, 0.3) is 10.8 Å². The van der Waals surface area contributed by atoms with Gasteiger partial charge in [-0.1, -0.05) is 6.07 Å². The first-order valence-electron chi connectivity index (χ1n) is 8.85. The number of aliphatic hydroxyl groups is 1. The third-order valence-electron chi connectivity index (χ3n) is 4.66. The Balaban J connectivity index is 1.97. The number of nitrogens with two attached hydrogens (primary N) is 1. The maximum Gasteiger partial charge on any atom is 0.243 e. The van der Waals surface area contributed by atoms with E-state index < -0.39 is 27.9 Å². The fourth-order valence-corrected chi connectivity index (χ4v) is 5.13. The lowest BCUT2D eigenvalue weighted by molar-refractivity contribution is -0.124. The number of halogens is 1. The zero-order valence-corrected chi connectivity index (χ0v) is 16.9. The molecule has 0 spiro atoms. The third-order valence-corrected chi connectivity index (χ3v) is 6.92. The van der Waals surface area contributed by atoms with Crippen molar-refractivity contribution in [3.8, 4) is 0 Å². The van der Waals surface area contributed by atoms with Gasteiger partial charge in [-0.25, -0.2) is 12.8 Å². The molecule has 1 fully saturated rings. The SMILES string of the molecule is N=C(N)N(Cl)c1cncc2cc(S(=O)(=O)N3CCC[C@@H]3C(=O)NCCO)ccc12. The van der Waals surface area contributed by atoms with Crippen molar-refractivity contribution in [2.45, 2.75) is 23.8 Å². The van der Waals surface area contributed by atoms with Crippen LogP contribution in [-0.4, -0.2) is 60.4 Å². The first kappa shape index (κ1) is 21.2. The molecule has 0 saturated carbocycles. The number of fused-ring (bicyclic) bond motifs is 1. The standard InChI is InChI=1S/C17H21ClN6O4S/c18-24(17(19)20)15-10-21-9-11-8-12(3-4-13(11)15)29(27,28)23-6-1-2-14(23)16(26)22-5-7-25/h3-4,8-10,14,25H,1-2,5-7H2,(H3,19,20)(H,22,26)/t14-/m1/s1. The average molecular weight is 441 g/mol. The van der Waals surface area contributed by atoms with Gasteiger partial charge >= 0.3 is 0 Å². The van der Waals surface area contributed by atoms with Crippen LogP contribution in [0.4, 0.5) is 5.69 Å². The summed E-state index contributed by atoms with van der Waals surface area (Å²) in [7, 11) is -3.93. The van der Waals surface area contributed by atoms with E-state index in [1.165, 1.54) is 28.8 Å². The highest BCUT2D eigenvalue weighted by molar-refractivity contribution is 7.89. The Labute approximate surface area is 172 Å². The van der Waals surface area contributed by atoms with Crippen LogP contribution in [-0.2, 0) is 14.8 Å². The van der Waals surface area contributed by atoms with E-state index in [1.807, 2.05) is 0 Å². The molecule has 1 aliphatic heterocycles. The highest BCUT2D eigenvalue weighted by Gasteiger charge is 2.39. The minimum absolute atomic E-state index is 0.0229. The predicted octanol–water partition coefficient (Wildman–Crippen LogP) is 0.350. The van der Waals surface area contributed by atoms with Crippen molar-refractivity contribution in [2.75, 3.05) is 24.1 Å². The lowest BCUT2D eigenvalue weighted by Crippen LogP contribution is -2.46. The van der Waals surface area contributed by atoms with Crippen molar-refractivity contribution in [1.82, 2.24) is 14.6 Å². The van der Waals surface area contributed by atoms with E-state index in [0.29, 0.717) is 29.3 Å².